The summed E-state index contributed by atoms with van der Waals surface area (Å²) in [6.45, 7) is 3.86. The van der Waals surface area contributed by atoms with E-state index < -0.39 is 26.3 Å². The second-order valence-corrected chi connectivity index (χ2v) is 11.5. The summed E-state index contributed by atoms with van der Waals surface area (Å²) in [6.07, 6.45) is 0.967. The molecule has 2 heterocycles. The molecular weight excluding hydrogens is 536 g/mol. The second kappa shape index (κ2) is 10.6. The van der Waals surface area contributed by atoms with Crippen molar-refractivity contribution in [2.75, 3.05) is 6.61 Å². The summed E-state index contributed by atoms with van der Waals surface area (Å²) in [5.74, 6) is 0.759. The number of benzene rings is 3. The second-order valence-electron chi connectivity index (χ2n) is 8.68. The number of hydrogen-bond donors (Lipinski definition) is 2. The fourth-order valence-electron chi connectivity index (χ4n) is 3.89. The summed E-state index contributed by atoms with van der Waals surface area (Å²) >= 11 is 0. The number of hydrogen-bond acceptors (Lipinski definition) is 8. The van der Waals surface area contributed by atoms with Crippen LogP contribution in [0.3, 0.4) is 0 Å². The molecule has 12 heteroatoms. The molecule has 2 N–H and O–H groups in total. The summed E-state index contributed by atoms with van der Waals surface area (Å²) in [5, 5.41) is 0.370. The Morgan fingerprint density at radius 2 is 1.55 bits per heavy atom. The fourth-order valence-corrected chi connectivity index (χ4v) is 5.09. The number of ether oxygens (including phenoxy) is 2. The third-order valence-corrected chi connectivity index (χ3v) is 7.54. The van der Waals surface area contributed by atoms with E-state index in [0.29, 0.717) is 22.4 Å². The summed E-state index contributed by atoms with van der Waals surface area (Å²) in [7, 11) is -8.38. The first-order valence-electron chi connectivity index (χ1n) is 11.3. The molecule has 0 saturated carbocycles. The van der Waals surface area contributed by atoms with Gasteiger partial charge in [-0.2, -0.15) is 16.8 Å². The van der Waals surface area contributed by atoms with Crippen molar-refractivity contribution in [3.8, 4) is 11.5 Å². The molecule has 1 aliphatic heterocycles. The van der Waals surface area contributed by atoms with E-state index in [2.05, 4.69) is 0 Å². The van der Waals surface area contributed by atoms with Gasteiger partial charge < -0.3 is 13.9 Å². The molecule has 0 saturated heterocycles. The fraction of sp³-hybridized carbons (Fsp3) is 0.192. The molecule has 0 radical (unpaired) electrons. The molecule has 1 aromatic heterocycles. The highest BCUT2D eigenvalue weighted by atomic mass is 32.2. The van der Waals surface area contributed by atoms with Crippen LogP contribution in [0.5, 0.6) is 11.5 Å². The lowest BCUT2D eigenvalue weighted by Gasteiger charge is -2.27. The molecule has 0 spiro atoms. The molecule has 0 fully saturated rings. The number of rotatable bonds is 4. The van der Waals surface area contributed by atoms with Gasteiger partial charge >= 0.3 is 0 Å². The van der Waals surface area contributed by atoms with Crippen LogP contribution < -0.4 is 14.9 Å². The zero-order valence-electron chi connectivity index (χ0n) is 20.3. The number of aryl methyl sites for hydroxylation is 2. The van der Waals surface area contributed by atoms with Crippen molar-refractivity contribution >= 4 is 31.2 Å². The van der Waals surface area contributed by atoms with Gasteiger partial charge in [0.15, 0.2) is 16.8 Å². The van der Waals surface area contributed by atoms with Crippen molar-refractivity contribution in [3.05, 3.63) is 93.8 Å². The third kappa shape index (κ3) is 6.22. The summed E-state index contributed by atoms with van der Waals surface area (Å²) in [6, 6.07) is 15.2. The van der Waals surface area contributed by atoms with Crippen LogP contribution in [0, 0.1) is 13.8 Å². The first-order chi connectivity index (χ1) is 17.8. The van der Waals surface area contributed by atoms with Crippen LogP contribution in [0.25, 0.3) is 11.0 Å². The highest BCUT2D eigenvalue weighted by Gasteiger charge is 2.27. The first kappa shape index (κ1) is 27.3. The topological polar surface area (TPSA) is 157 Å². The Labute approximate surface area is 219 Å². The molecule has 5 rings (SSSR count). The molecule has 10 nitrogen and oxygen atoms in total. The van der Waals surface area contributed by atoms with E-state index in [1.54, 1.807) is 36.4 Å². The van der Waals surface area contributed by atoms with Gasteiger partial charge in [0.05, 0.1) is 21.4 Å². The molecule has 1 aliphatic rings. The van der Waals surface area contributed by atoms with Gasteiger partial charge in [0, 0.05) is 12.5 Å². The molecule has 0 aliphatic carbocycles. The molecule has 4 aromatic rings. The molecule has 0 unspecified atom stereocenters. The van der Waals surface area contributed by atoms with Gasteiger partial charge in [-0.3, -0.25) is 13.9 Å². The minimum Gasteiger partial charge on any atom is -0.486 e. The minimum absolute atomic E-state index is 0.0666. The van der Waals surface area contributed by atoms with Crippen molar-refractivity contribution in [1.29, 1.82) is 0 Å². The zero-order valence-corrected chi connectivity index (χ0v) is 22.0. The lowest BCUT2D eigenvalue weighted by molar-refractivity contribution is 0.0914. The monoisotopic (exact) mass is 560 g/mol. The van der Waals surface area contributed by atoms with Crippen LogP contribution in [-0.4, -0.2) is 38.7 Å². The van der Waals surface area contributed by atoms with E-state index in [4.69, 9.17) is 18.4 Å². The van der Waals surface area contributed by atoms with Crippen molar-refractivity contribution in [2.45, 2.75) is 36.2 Å². The largest absolute Gasteiger partial charge is 0.486 e. The van der Waals surface area contributed by atoms with Crippen LogP contribution in [0.4, 0.5) is 0 Å². The van der Waals surface area contributed by atoms with Gasteiger partial charge in [0.25, 0.3) is 20.2 Å². The van der Waals surface area contributed by atoms with E-state index in [-0.39, 0.29) is 33.8 Å². The standard InChI is InChI=1S/C19H16O7S.C7H8O3S/c1-11-2-5-17(27(21,22)23)12(8-11)9-13-10-25-16-4-3-14-15(20)6-7-24-18(14)19(16)26-13;1-6-2-4-7(5-3-6)11(8,9)10/h2-8,13H,9-10H2,1H3,(H,21,22,23);2-5H,1H3,(H,8,9,10)/t13-;/m1./s1. The summed E-state index contributed by atoms with van der Waals surface area (Å²) < 4.78 is 79.5. The van der Waals surface area contributed by atoms with Crippen LogP contribution >= 0.6 is 0 Å². The van der Waals surface area contributed by atoms with E-state index in [1.807, 2.05) is 13.8 Å². The van der Waals surface area contributed by atoms with Crippen molar-refractivity contribution in [3.63, 3.8) is 0 Å². The number of fused-ring (bicyclic) bond motifs is 3. The first-order valence-corrected chi connectivity index (χ1v) is 14.2. The smallest absolute Gasteiger partial charge is 0.294 e. The van der Waals surface area contributed by atoms with Crippen LogP contribution in [0.1, 0.15) is 16.7 Å². The molecule has 0 amide bonds. The van der Waals surface area contributed by atoms with Gasteiger partial charge in [-0.1, -0.05) is 35.4 Å². The predicted octanol–water partition coefficient (Wildman–Crippen LogP) is 3.97. The summed E-state index contributed by atoms with van der Waals surface area (Å²) in [5.41, 5.74) is 2.32. The summed E-state index contributed by atoms with van der Waals surface area (Å²) in [4.78, 5) is 11.8. The van der Waals surface area contributed by atoms with Crippen LogP contribution in [0.15, 0.2) is 85.9 Å². The highest BCUT2D eigenvalue weighted by Crippen LogP contribution is 2.38. The van der Waals surface area contributed by atoms with Crippen LogP contribution in [0.2, 0.25) is 0 Å². The normalized spacial score (nSPS) is 15.0. The quantitative estimate of drug-likeness (QED) is 0.350. The van der Waals surface area contributed by atoms with E-state index >= 15 is 0 Å². The van der Waals surface area contributed by atoms with Gasteiger partial charge in [0.2, 0.25) is 5.75 Å². The average Bonchev–Trinajstić information content (AvgIpc) is 2.83. The van der Waals surface area contributed by atoms with E-state index in [1.165, 1.54) is 30.5 Å². The molecule has 200 valence electrons. The van der Waals surface area contributed by atoms with Crippen LogP contribution in [-0.2, 0) is 26.7 Å². The van der Waals surface area contributed by atoms with E-state index in [9.17, 15) is 26.2 Å². The van der Waals surface area contributed by atoms with Crippen molar-refractivity contribution in [1.82, 2.24) is 0 Å². The Hall–Kier alpha value is -3.71. The van der Waals surface area contributed by atoms with Gasteiger partial charge in [-0.15, -0.1) is 0 Å². The minimum atomic E-state index is -4.36. The molecule has 3 aromatic carbocycles. The molecule has 1 atom stereocenters. The molecule has 38 heavy (non-hydrogen) atoms. The zero-order chi connectivity index (χ0) is 27.7. The Morgan fingerprint density at radius 1 is 0.868 bits per heavy atom. The predicted molar refractivity (Wildman–Crippen MR) is 138 cm³/mol. The Kier molecular flexibility index (Phi) is 7.61. The Balaban J connectivity index is 0.000000257. The lowest BCUT2D eigenvalue weighted by atomic mass is 10.0. The maximum absolute atomic E-state index is 12.0. The van der Waals surface area contributed by atoms with E-state index in [0.717, 1.165) is 11.1 Å². The average molecular weight is 561 g/mol. The maximum Gasteiger partial charge on any atom is 0.294 e. The molecular formula is C26H24O10S2. The SMILES string of the molecule is Cc1ccc(S(=O)(=O)O)c(C[C@@H]2COc3ccc4c(=O)ccoc4c3O2)c1.Cc1ccc(S(=O)(=O)O)cc1. The van der Waals surface area contributed by atoms with Crippen molar-refractivity contribution in [2.24, 2.45) is 0 Å². The Bertz CT molecular complexity index is 1760. The van der Waals surface area contributed by atoms with Gasteiger partial charge in [0.1, 0.15) is 12.7 Å². The third-order valence-electron chi connectivity index (χ3n) is 5.72. The maximum atomic E-state index is 12.0. The van der Waals surface area contributed by atoms with Gasteiger partial charge in [-0.25, -0.2) is 0 Å². The Morgan fingerprint density at radius 3 is 2.21 bits per heavy atom. The lowest BCUT2D eigenvalue weighted by Crippen LogP contribution is -2.31. The van der Waals surface area contributed by atoms with Crippen molar-refractivity contribution < 1.29 is 39.8 Å². The van der Waals surface area contributed by atoms with Gasteiger partial charge in [-0.05, 0) is 49.7 Å². The highest BCUT2D eigenvalue weighted by molar-refractivity contribution is 7.86. The molecule has 0 bridgehead atoms.